The lowest BCUT2D eigenvalue weighted by Gasteiger charge is -2.40. The molecule has 0 amide bonds. The molecule has 0 N–H and O–H groups in total. The van der Waals surface area contributed by atoms with Crippen molar-refractivity contribution in [2.75, 3.05) is 7.11 Å². The summed E-state index contributed by atoms with van der Waals surface area (Å²) in [5, 5.41) is 0.843. The Morgan fingerprint density at radius 2 is 1.75 bits per heavy atom. The van der Waals surface area contributed by atoms with E-state index >= 15 is 0 Å². The lowest BCUT2D eigenvalue weighted by molar-refractivity contribution is 0.0600. The Balaban J connectivity index is 1.81. The molecule has 0 aromatic heterocycles. The number of aliphatic imine (C=N–C) groups is 1. The predicted molar refractivity (Wildman–Crippen MR) is 134 cm³/mol. The molecule has 1 aliphatic heterocycles. The van der Waals surface area contributed by atoms with Crippen molar-refractivity contribution in [2.24, 2.45) is 4.99 Å². The lowest BCUT2D eigenvalue weighted by Crippen LogP contribution is -2.43. The number of hydrogen-bond donors (Lipinski definition) is 0. The zero-order valence-corrected chi connectivity index (χ0v) is 21.7. The number of nitrogens with zero attached hydrogens (tertiary/aromatic N) is 1. The largest absolute Gasteiger partial charge is 0.465 e. The first-order chi connectivity index (χ1) is 15.0. The molecule has 6 heteroatoms. The Kier molecular flexibility index (Phi) is 7.64. The van der Waals surface area contributed by atoms with E-state index in [1.165, 1.54) is 12.8 Å². The molecule has 0 radical (unpaired) electrons. The highest BCUT2D eigenvalue weighted by Gasteiger charge is 2.42. The van der Waals surface area contributed by atoms with Gasteiger partial charge in [-0.3, -0.25) is 4.99 Å². The zero-order valence-electron chi connectivity index (χ0n) is 19.9. The molecule has 3 rings (SSSR count). The highest BCUT2D eigenvalue weighted by atomic mass is 35.5. The first-order valence-corrected chi connectivity index (χ1v) is 14.4. The summed E-state index contributed by atoms with van der Waals surface area (Å²) in [6.07, 6.45) is 2.63. The van der Waals surface area contributed by atoms with Crippen LogP contribution in [-0.4, -0.2) is 33.2 Å². The van der Waals surface area contributed by atoms with Gasteiger partial charge in [0, 0.05) is 17.2 Å². The van der Waals surface area contributed by atoms with E-state index in [1.807, 2.05) is 36.4 Å². The number of methoxy groups -OCH3 is 1. The van der Waals surface area contributed by atoms with Crippen molar-refractivity contribution in [2.45, 2.75) is 70.3 Å². The van der Waals surface area contributed by atoms with Crippen molar-refractivity contribution in [1.82, 2.24) is 0 Å². The molecular weight excluding hydrogens is 438 g/mol. The number of benzene rings is 2. The van der Waals surface area contributed by atoms with Crippen LogP contribution in [0, 0.1) is 0 Å². The quantitative estimate of drug-likeness (QED) is 0.321. The van der Waals surface area contributed by atoms with Gasteiger partial charge in [-0.05, 0) is 66.4 Å². The number of hydrogen-bond acceptors (Lipinski definition) is 4. The first kappa shape index (κ1) is 24.7. The minimum Gasteiger partial charge on any atom is -0.465 e. The molecule has 0 aliphatic carbocycles. The van der Waals surface area contributed by atoms with Crippen molar-refractivity contribution in [3.63, 3.8) is 0 Å². The van der Waals surface area contributed by atoms with Crippen LogP contribution in [0.1, 0.15) is 61.2 Å². The highest BCUT2D eigenvalue weighted by Crippen LogP contribution is 2.42. The van der Waals surface area contributed by atoms with E-state index in [9.17, 15) is 4.79 Å². The van der Waals surface area contributed by atoms with Gasteiger partial charge in [-0.15, -0.1) is 0 Å². The molecule has 1 aliphatic rings. The smallest absolute Gasteiger partial charge is 0.337 e. The highest BCUT2D eigenvalue weighted by molar-refractivity contribution is 6.74. The summed E-state index contributed by atoms with van der Waals surface area (Å²) in [6.45, 7) is 11.4. The van der Waals surface area contributed by atoms with Crippen LogP contribution in [0.25, 0.3) is 0 Å². The van der Waals surface area contributed by atoms with Crippen LogP contribution in [0.3, 0.4) is 0 Å². The summed E-state index contributed by atoms with van der Waals surface area (Å²) < 4.78 is 11.7. The third-order valence-electron chi connectivity index (χ3n) is 6.64. The molecule has 4 nitrogen and oxygen atoms in total. The molecule has 2 aromatic rings. The predicted octanol–water partition coefficient (Wildman–Crippen LogP) is 7.04. The van der Waals surface area contributed by atoms with Gasteiger partial charge in [0.05, 0.1) is 24.8 Å². The molecule has 0 bridgehead atoms. The average molecular weight is 472 g/mol. The number of rotatable bonds is 7. The van der Waals surface area contributed by atoms with Gasteiger partial charge in [0.1, 0.15) is 0 Å². The second kappa shape index (κ2) is 9.90. The van der Waals surface area contributed by atoms with E-state index in [0.29, 0.717) is 5.56 Å². The van der Waals surface area contributed by atoms with E-state index < -0.39 is 8.32 Å². The van der Waals surface area contributed by atoms with Crippen molar-refractivity contribution in [1.29, 1.82) is 0 Å². The van der Waals surface area contributed by atoms with Crippen LogP contribution in [-0.2, 0) is 15.6 Å². The minimum atomic E-state index is -1.99. The minimum absolute atomic E-state index is 0.0765. The topological polar surface area (TPSA) is 47.9 Å². The van der Waals surface area contributed by atoms with Crippen LogP contribution < -0.4 is 0 Å². The molecule has 172 valence electrons. The van der Waals surface area contributed by atoms with E-state index in [4.69, 9.17) is 25.8 Å². The van der Waals surface area contributed by atoms with Crippen LogP contribution in [0.2, 0.25) is 23.2 Å². The van der Waals surface area contributed by atoms with E-state index in [1.54, 1.807) is 0 Å². The van der Waals surface area contributed by atoms with Gasteiger partial charge in [-0.25, -0.2) is 4.79 Å². The number of carbonyl (C=O) groups is 1. The van der Waals surface area contributed by atoms with Crippen LogP contribution in [0.5, 0.6) is 0 Å². The fourth-order valence-electron chi connectivity index (χ4n) is 3.66. The van der Waals surface area contributed by atoms with Gasteiger partial charge in [0.2, 0.25) is 0 Å². The lowest BCUT2D eigenvalue weighted by atomic mass is 10.00. The van der Waals surface area contributed by atoms with Gasteiger partial charge in [0.25, 0.3) is 0 Å². The fraction of sp³-hybridized carbons (Fsp3) is 0.462. The normalized spacial score (nSPS) is 17.7. The molecule has 1 unspecified atom stereocenters. The Morgan fingerprint density at radius 1 is 1.12 bits per heavy atom. The summed E-state index contributed by atoms with van der Waals surface area (Å²) in [6, 6.07) is 15.7. The summed E-state index contributed by atoms with van der Waals surface area (Å²) in [5.41, 5.74) is 4.02. The molecule has 2 aromatic carbocycles. The zero-order chi connectivity index (χ0) is 23.5. The SMILES string of the molecule is COC(=O)c1ccc(CC2=N[C@@H](C(O[Si](C)(C)C(C)(C)C)c3ccc(Cl)cc3)CC2)cc1. The molecule has 0 fully saturated rings. The van der Waals surface area contributed by atoms with Gasteiger partial charge in [-0.2, -0.15) is 0 Å². The molecule has 0 spiro atoms. The number of halogens is 1. The van der Waals surface area contributed by atoms with Gasteiger partial charge >= 0.3 is 5.97 Å². The number of esters is 1. The second-order valence-corrected chi connectivity index (χ2v) is 15.2. The molecule has 1 heterocycles. The maximum absolute atomic E-state index is 11.7. The Bertz CT molecular complexity index is 962. The van der Waals surface area contributed by atoms with Gasteiger partial charge in [0.15, 0.2) is 8.32 Å². The number of carbonyl (C=O) groups excluding carboxylic acids is 1. The molecule has 0 saturated heterocycles. The summed E-state index contributed by atoms with van der Waals surface area (Å²) in [4.78, 5) is 16.8. The number of ether oxygens (including phenoxy) is 1. The summed E-state index contributed by atoms with van der Waals surface area (Å²) in [7, 11) is -0.599. The van der Waals surface area contributed by atoms with Crippen molar-refractivity contribution >= 4 is 31.6 Å². The van der Waals surface area contributed by atoms with Crippen LogP contribution in [0.4, 0.5) is 0 Å². The van der Waals surface area contributed by atoms with Crippen molar-refractivity contribution in [3.8, 4) is 0 Å². The molecular formula is C26H34ClNO3Si. The molecule has 0 saturated carbocycles. The van der Waals surface area contributed by atoms with E-state index in [-0.39, 0.29) is 23.2 Å². The maximum atomic E-state index is 11.7. The summed E-state index contributed by atoms with van der Waals surface area (Å²) in [5.74, 6) is -0.316. The maximum Gasteiger partial charge on any atom is 0.337 e. The Labute approximate surface area is 198 Å². The van der Waals surface area contributed by atoms with Crippen molar-refractivity contribution < 1.29 is 14.0 Å². The fourth-order valence-corrected chi connectivity index (χ4v) is 5.07. The monoisotopic (exact) mass is 471 g/mol. The van der Waals surface area contributed by atoms with E-state index in [0.717, 1.165) is 35.4 Å². The van der Waals surface area contributed by atoms with Crippen molar-refractivity contribution in [3.05, 3.63) is 70.2 Å². The van der Waals surface area contributed by atoms with Gasteiger partial charge in [-0.1, -0.05) is 56.6 Å². The third-order valence-corrected chi connectivity index (χ3v) is 11.3. The van der Waals surface area contributed by atoms with E-state index in [2.05, 4.69) is 46.0 Å². The Hall–Kier alpha value is -1.95. The second-order valence-electron chi connectivity index (χ2n) is 10.0. The third kappa shape index (κ3) is 5.88. The summed E-state index contributed by atoms with van der Waals surface area (Å²) >= 11 is 6.15. The molecule has 2 atom stereocenters. The standard InChI is InChI=1S/C26H34ClNO3Si/c1-26(2,3)32(5,6)31-24(19-11-13-21(27)14-12-19)23-16-15-22(28-23)17-18-7-9-20(10-8-18)25(29)30-4/h7-14,23-24H,15-17H2,1-6H3/t23-,24?/m1/s1. The Morgan fingerprint density at radius 3 is 2.31 bits per heavy atom. The average Bonchev–Trinajstić information content (AvgIpc) is 3.20. The van der Waals surface area contributed by atoms with Gasteiger partial charge < -0.3 is 9.16 Å². The first-order valence-electron chi connectivity index (χ1n) is 11.2. The molecule has 32 heavy (non-hydrogen) atoms. The van der Waals surface area contributed by atoms with Crippen LogP contribution >= 0.6 is 11.6 Å². The van der Waals surface area contributed by atoms with Crippen LogP contribution in [0.15, 0.2) is 53.5 Å².